The number of esters is 1. The third-order valence-electron chi connectivity index (χ3n) is 4.27. The average molecular weight is 442 g/mol. The summed E-state index contributed by atoms with van der Waals surface area (Å²) in [5.41, 5.74) is 2.37. The van der Waals surface area contributed by atoms with Gasteiger partial charge >= 0.3 is 5.97 Å². The lowest BCUT2D eigenvalue weighted by molar-refractivity contribution is -0.131. The Kier molecular flexibility index (Phi) is 7.66. The van der Waals surface area contributed by atoms with Crippen molar-refractivity contribution in [3.8, 4) is 11.5 Å². The van der Waals surface area contributed by atoms with Crippen molar-refractivity contribution in [1.82, 2.24) is 5.32 Å². The van der Waals surface area contributed by atoms with Crippen LogP contribution < -0.4 is 14.8 Å². The first-order valence-corrected chi connectivity index (χ1v) is 10.5. The number of carbonyl (C=O) groups excluding carboxylic acids is 3. The molecule has 0 spiro atoms. The molecule has 1 atom stereocenters. The van der Waals surface area contributed by atoms with Crippen molar-refractivity contribution in [1.29, 1.82) is 0 Å². The molecule has 1 aliphatic heterocycles. The molecular formula is C22H22N2O6S. The van der Waals surface area contributed by atoms with Crippen LogP contribution in [0.1, 0.15) is 25.0 Å². The Balaban J connectivity index is 1.42. The minimum atomic E-state index is -0.386. The SMILES string of the molecule is CC(=O)Oc1cccc(C(C)=NOCCOc2ccc(CC3SC(=O)NC3=O)cc2)c1. The minimum absolute atomic E-state index is 0.249. The normalized spacial score (nSPS) is 16.1. The highest BCUT2D eigenvalue weighted by atomic mass is 32.2. The van der Waals surface area contributed by atoms with Crippen LogP contribution in [0.3, 0.4) is 0 Å². The Morgan fingerprint density at radius 3 is 2.52 bits per heavy atom. The number of imide groups is 1. The van der Waals surface area contributed by atoms with Crippen LogP contribution in [0.5, 0.6) is 11.5 Å². The number of benzene rings is 2. The fourth-order valence-electron chi connectivity index (χ4n) is 2.81. The van der Waals surface area contributed by atoms with Crippen molar-refractivity contribution >= 4 is 34.6 Å². The molecule has 3 rings (SSSR count). The second kappa shape index (κ2) is 10.6. The summed E-state index contributed by atoms with van der Waals surface area (Å²) in [6.45, 7) is 3.70. The van der Waals surface area contributed by atoms with E-state index in [2.05, 4.69) is 10.5 Å². The van der Waals surface area contributed by atoms with Gasteiger partial charge in [-0.05, 0) is 43.2 Å². The van der Waals surface area contributed by atoms with E-state index in [4.69, 9.17) is 14.3 Å². The number of oxime groups is 1. The molecule has 31 heavy (non-hydrogen) atoms. The van der Waals surface area contributed by atoms with Gasteiger partial charge in [-0.15, -0.1) is 0 Å². The molecule has 0 aliphatic carbocycles. The van der Waals surface area contributed by atoms with Crippen molar-refractivity contribution in [3.63, 3.8) is 0 Å². The van der Waals surface area contributed by atoms with E-state index in [-0.39, 0.29) is 29.0 Å². The van der Waals surface area contributed by atoms with Crippen LogP contribution in [0, 0.1) is 0 Å². The van der Waals surface area contributed by atoms with Crippen LogP contribution in [-0.2, 0) is 20.8 Å². The van der Waals surface area contributed by atoms with Crippen molar-refractivity contribution in [2.45, 2.75) is 25.5 Å². The van der Waals surface area contributed by atoms with Gasteiger partial charge in [-0.2, -0.15) is 0 Å². The molecule has 2 aromatic carbocycles. The van der Waals surface area contributed by atoms with Crippen molar-refractivity contribution in [2.75, 3.05) is 13.2 Å². The van der Waals surface area contributed by atoms with Crippen molar-refractivity contribution in [3.05, 3.63) is 59.7 Å². The molecule has 9 heteroatoms. The third kappa shape index (κ3) is 6.85. The van der Waals surface area contributed by atoms with Crippen molar-refractivity contribution in [2.24, 2.45) is 5.16 Å². The first kappa shape index (κ1) is 22.4. The number of amides is 2. The number of hydrogen-bond donors (Lipinski definition) is 1. The first-order valence-electron chi connectivity index (χ1n) is 9.59. The zero-order valence-electron chi connectivity index (χ0n) is 17.1. The second-order valence-corrected chi connectivity index (χ2v) is 7.89. The van der Waals surface area contributed by atoms with E-state index in [1.165, 1.54) is 6.92 Å². The minimum Gasteiger partial charge on any atom is -0.490 e. The third-order valence-corrected chi connectivity index (χ3v) is 5.25. The number of ether oxygens (including phenoxy) is 2. The number of thioether (sulfide) groups is 1. The zero-order chi connectivity index (χ0) is 22.2. The fraction of sp³-hybridized carbons (Fsp3) is 0.273. The monoisotopic (exact) mass is 442 g/mol. The van der Waals surface area contributed by atoms with Crippen LogP contribution in [0.25, 0.3) is 0 Å². The Bertz CT molecular complexity index is 990. The van der Waals surface area contributed by atoms with E-state index in [0.29, 0.717) is 30.2 Å². The molecule has 0 saturated carbocycles. The molecule has 1 heterocycles. The largest absolute Gasteiger partial charge is 0.490 e. The Hall–Kier alpha value is -3.33. The second-order valence-electron chi connectivity index (χ2n) is 6.71. The van der Waals surface area contributed by atoms with Gasteiger partial charge in [-0.25, -0.2) is 0 Å². The van der Waals surface area contributed by atoms with Gasteiger partial charge in [0.1, 0.15) is 18.1 Å². The summed E-state index contributed by atoms with van der Waals surface area (Å²) in [7, 11) is 0. The molecule has 2 amide bonds. The molecule has 0 radical (unpaired) electrons. The molecule has 8 nitrogen and oxygen atoms in total. The van der Waals surface area contributed by atoms with Gasteiger partial charge in [0.25, 0.3) is 5.24 Å². The van der Waals surface area contributed by atoms with Gasteiger partial charge in [0, 0.05) is 12.5 Å². The summed E-state index contributed by atoms with van der Waals surface area (Å²) >= 11 is 1.01. The highest BCUT2D eigenvalue weighted by Crippen LogP contribution is 2.24. The van der Waals surface area contributed by atoms with E-state index >= 15 is 0 Å². The van der Waals surface area contributed by atoms with Gasteiger partial charge < -0.3 is 14.3 Å². The van der Waals surface area contributed by atoms with Crippen LogP contribution in [0.4, 0.5) is 4.79 Å². The molecule has 1 saturated heterocycles. The maximum Gasteiger partial charge on any atom is 0.308 e. The summed E-state index contributed by atoms with van der Waals surface area (Å²) in [6, 6.07) is 14.4. The predicted octanol–water partition coefficient (Wildman–Crippen LogP) is 3.33. The molecule has 2 aromatic rings. The Morgan fingerprint density at radius 2 is 1.84 bits per heavy atom. The number of rotatable bonds is 9. The average Bonchev–Trinajstić information content (AvgIpc) is 3.05. The lowest BCUT2D eigenvalue weighted by Crippen LogP contribution is -2.25. The highest BCUT2D eigenvalue weighted by Gasteiger charge is 2.31. The van der Waals surface area contributed by atoms with Crippen LogP contribution in [-0.4, -0.2) is 41.3 Å². The van der Waals surface area contributed by atoms with E-state index in [9.17, 15) is 14.4 Å². The Morgan fingerprint density at radius 1 is 1.06 bits per heavy atom. The maximum absolute atomic E-state index is 11.6. The van der Waals surface area contributed by atoms with Crippen LogP contribution >= 0.6 is 11.8 Å². The highest BCUT2D eigenvalue weighted by molar-refractivity contribution is 8.15. The lowest BCUT2D eigenvalue weighted by Gasteiger charge is -2.09. The van der Waals surface area contributed by atoms with Crippen molar-refractivity contribution < 1.29 is 28.7 Å². The summed E-state index contributed by atoms with van der Waals surface area (Å²) in [5.74, 6) is 0.486. The molecule has 1 fully saturated rings. The summed E-state index contributed by atoms with van der Waals surface area (Å²) < 4.78 is 10.7. The Labute approximate surface area is 183 Å². The molecular weight excluding hydrogens is 420 g/mol. The summed E-state index contributed by atoms with van der Waals surface area (Å²) in [4.78, 5) is 39.2. The molecule has 1 N–H and O–H groups in total. The van der Waals surface area contributed by atoms with E-state index in [1.807, 2.05) is 30.3 Å². The van der Waals surface area contributed by atoms with Gasteiger partial charge in [0.15, 0.2) is 6.61 Å². The van der Waals surface area contributed by atoms with E-state index in [1.54, 1.807) is 25.1 Å². The molecule has 1 aliphatic rings. The number of hydrogen-bond acceptors (Lipinski definition) is 8. The molecule has 162 valence electrons. The fourth-order valence-corrected chi connectivity index (χ4v) is 3.67. The molecule has 0 bridgehead atoms. The van der Waals surface area contributed by atoms with Crippen LogP contribution in [0.15, 0.2) is 53.7 Å². The van der Waals surface area contributed by atoms with E-state index < -0.39 is 0 Å². The molecule has 1 unspecified atom stereocenters. The van der Waals surface area contributed by atoms with Gasteiger partial charge in [-0.3, -0.25) is 19.7 Å². The maximum atomic E-state index is 11.6. The molecule has 0 aromatic heterocycles. The predicted molar refractivity (Wildman–Crippen MR) is 116 cm³/mol. The number of carbonyl (C=O) groups is 3. The quantitative estimate of drug-likeness (QED) is 0.209. The summed E-state index contributed by atoms with van der Waals surface area (Å²) in [6.07, 6.45) is 0.484. The summed E-state index contributed by atoms with van der Waals surface area (Å²) in [5, 5.41) is 5.66. The first-order chi connectivity index (χ1) is 14.9. The van der Waals surface area contributed by atoms with Gasteiger partial charge in [0.05, 0.1) is 11.0 Å². The van der Waals surface area contributed by atoms with Gasteiger partial charge in [-0.1, -0.05) is 41.2 Å². The standard InChI is InChI=1S/C22H22N2O6S/c1-14(17-4-3-5-19(13-17)30-15(2)25)24-29-11-10-28-18-8-6-16(7-9-18)12-20-21(26)23-22(27)31-20/h3-9,13,20H,10-12H2,1-2H3,(H,23,26,27). The smallest absolute Gasteiger partial charge is 0.308 e. The lowest BCUT2D eigenvalue weighted by atomic mass is 10.1. The van der Waals surface area contributed by atoms with Crippen LogP contribution in [0.2, 0.25) is 0 Å². The van der Waals surface area contributed by atoms with Gasteiger partial charge in [0.2, 0.25) is 5.91 Å². The zero-order valence-corrected chi connectivity index (χ0v) is 17.9. The number of nitrogens with zero attached hydrogens (tertiary/aromatic N) is 1. The number of nitrogens with one attached hydrogen (secondary N) is 1. The van der Waals surface area contributed by atoms with E-state index in [0.717, 1.165) is 22.9 Å². The topological polar surface area (TPSA) is 103 Å².